The molecule has 1 unspecified atom stereocenters. The Bertz CT molecular complexity index is 626. The predicted molar refractivity (Wildman–Crippen MR) is 78.5 cm³/mol. The van der Waals surface area contributed by atoms with Crippen molar-refractivity contribution in [2.24, 2.45) is 7.05 Å². The molecular formula is C16H20FN3O. The predicted octanol–water partition coefficient (Wildman–Crippen LogP) is 2.90. The standard InChI is InChI=1S/C16H20FN3O/c1-19-10-13(9-18-19)15-4-3-7-20(15)11-12-8-14(17)5-6-16(12)21-2/h5-6,8-10,15H,3-4,7,11H2,1-2H3. The number of hydrogen-bond acceptors (Lipinski definition) is 3. The molecule has 21 heavy (non-hydrogen) atoms. The number of benzene rings is 1. The fourth-order valence-electron chi connectivity index (χ4n) is 3.09. The summed E-state index contributed by atoms with van der Waals surface area (Å²) in [7, 11) is 3.55. The van der Waals surface area contributed by atoms with Crippen LogP contribution < -0.4 is 4.74 Å². The second-order valence-corrected chi connectivity index (χ2v) is 5.53. The van der Waals surface area contributed by atoms with Crippen molar-refractivity contribution in [3.63, 3.8) is 0 Å². The van der Waals surface area contributed by atoms with E-state index in [1.54, 1.807) is 19.2 Å². The van der Waals surface area contributed by atoms with Crippen LogP contribution >= 0.6 is 0 Å². The zero-order chi connectivity index (χ0) is 14.8. The molecular weight excluding hydrogens is 269 g/mol. The van der Waals surface area contributed by atoms with Gasteiger partial charge in [-0.05, 0) is 37.6 Å². The summed E-state index contributed by atoms with van der Waals surface area (Å²) in [5, 5.41) is 4.26. The molecule has 1 atom stereocenters. The van der Waals surface area contributed by atoms with Crippen LogP contribution in [0.3, 0.4) is 0 Å². The molecule has 0 saturated carbocycles. The van der Waals surface area contributed by atoms with Crippen LogP contribution in [0.25, 0.3) is 0 Å². The molecule has 0 bridgehead atoms. The minimum absolute atomic E-state index is 0.220. The first kappa shape index (κ1) is 14.1. The Morgan fingerprint density at radius 1 is 1.43 bits per heavy atom. The van der Waals surface area contributed by atoms with E-state index in [0.717, 1.165) is 30.7 Å². The number of rotatable bonds is 4. The molecule has 0 spiro atoms. The number of hydrogen-bond donors (Lipinski definition) is 0. The molecule has 1 aliphatic heterocycles. The molecule has 2 heterocycles. The molecule has 1 aromatic heterocycles. The maximum Gasteiger partial charge on any atom is 0.123 e. The highest BCUT2D eigenvalue weighted by Gasteiger charge is 2.27. The van der Waals surface area contributed by atoms with Gasteiger partial charge < -0.3 is 4.74 Å². The normalized spacial score (nSPS) is 19.1. The average Bonchev–Trinajstić information content (AvgIpc) is 3.08. The maximum atomic E-state index is 13.5. The van der Waals surface area contributed by atoms with E-state index < -0.39 is 0 Å². The minimum Gasteiger partial charge on any atom is -0.496 e. The van der Waals surface area contributed by atoms with Gasteiger partial charge in [-0.1, -0.05) is 0 Å². The van der Waals surface area contributed by atoms with E-state index in [0.29, 0.717) is 12.6 Å². The highest BCUT2D eigenvalue weighted by molar-refractivity contribution is 5.34. The van der Waals surface area contributed by atoms with Crippen molar-refractivity contribution in [1.29, 1.82) is 0 Å². The second-order valence-electron chi connectivity index (χ2n) is 5.53. The van der Waals surface area contributed by atoms with Crippen LogP contribution in [0, 0.1) is 5.82 Å². The summed E-state index contributed by atoms with van der Waals surface area (Å²) in [5.74, 6) is 0.524. The summed E-state index contributed by atoms with van der Waals surface area (Å²) >= 11 is 0. The van der Waals surface area contributed by atoms with Crippen molar-refractivity contribution < 1.29 is 9.13 Å². The molecule has 0 radical (unpaired) electrons. The summed E-state index contributed by atoms with van der Waals surface area (Å²) < 4.78 is 20.7. The van der Waals surface area contributed by atoms with E-state index in [1.807, 2.05) is 17.9 Å². The fraction of sp³-hybridized carbons (Fsp3) is 0.438. The molecule has 0 N–H and O–H groups in total. The summed E-state index contributed by atoms with van der Waals surface area (Å²) in [6.07, 6.45) is 6.25. The van der Waals surface area contributed by atoms with Crippen molar-refractivity contribution in [3.8, 4) is 5.75 Å². The van der Waals surface area contributed by atoms with Gasteiger partial charge in [0.1, 0.15) is 11.6 Å². The summed E-state index contributed by atoms with van der Waals surface area (Å²) in [4.78, 5) is 2.37. The molecule has 2 aromatic rings. The Labute approximate surface area is 124 Å². The summed E-state index contributed by atoms with van der Waals surface area (Å²) in [6.45, 7) is 1.71. The molecule has 0 amide bonds. The summed E-state index contributed by atoms with van der Waals surface area (Å²) in [6, 6.07) is 5.05. The quantitative estimate of drug-likeness (QED) is 0.867. The van der Waals surface area contributed by atoms with Crippen molar-refractivity contribution in [2.75, 3.05) is 13.7 Å². The van der Waals surface area contributed by atoms with Crippen LogP contribution in [0.2, 0.25) is 0 Å². The van der Waals surface area contributed by atoms with Crippen LogP contribution in [-0.2, 0) is 13.6 Å². The van der Waals surface area contributed by atoms with Crippen LogP contribution in [-0.4, -0.2) is 28.3 Å². The van der Waals surface area contributed by atoms with Gasteiger partial charge in [-0.3, -0.25) is 9.58 Å². The van der Waals surface area contributed by atoms with Crippen molar-refractivity contribution in [3.05, 3.63) is 47.5 Å². The molecule has 1 aliphatic rings. The molecule has 4 nitrogen and oxygen atoms in total. The first-order valence-corrected chi connectivity index (χ1v) is 7.22. The Morgan fingerprint density at radius 3 is 3.00 bits per heavy atom. The monoisotopic (exact) mass is 289 g/mol. The van der Waals surface area contributed by atoms with Crippen LogP contribution in [0.1, 0.15) is 30.0 Å². The molecule has 5 heteroatoms. The number of aryl methyl sites for hydroxylation is 1. The van der Waals surface area contributed by atoms with Crippen LogP contribution in [0.5, 0.6) is 5.75 Å². The average molecular weight is 289 g/mol. The molecule has 112 valence electrons. The van der Waals surface area contributed by atoms with Crippen molar-refractivity contribution in [1.82, 2.24) is 14.7 Å². The number of nitrogens with zero attached hydrogens (tertiary/aromatic N) is 3. The van der Waals surface area contributed by atoms with Crippen molar-refractivity contribution >= 4 is 0 Å². The third kappa shape index (κ3) is 2.93. The fourth-order valence-corrected chi connectivity index (χ4v) is 3.09. The lowest BCUT2D eigenvalue weighted by Gasteiger charge is -2.24. The third-order valence-corrected chi connectivity index (χ3v) is 4.09. The van der Waals surface area contributed by atoms with Crippen LogP contribution in [0.4, 0.5) is 4.39 Å². The minimum atomic E-state index is -0.220. The van der Waals surface area contributed by atoms with E-state index >= 15 is 0 Å². The van der Waals surface area contributed by atoms with E-state index in [9.17, 15) is 4.39 Å². The van der Waals surface area contributed by atoms with E-state index in [1.165, 1.54) is 11.6 Å². The number of halogens is 1. The Morgan fingerprint density at radius 2 is 2.29 bits per heavy atom. The van der Waals surface area contributed by atoms with Gasteiger partial charge in [0, 0.05) is 37.0 Å². The molecule has 3 rings (SSSR count). The highest BCUT2D eigenvalue weighted by atomic mass is 19.1. The lowest BCUT2D eigenvalue weighted by Crippen LogP contribution is -2.23. The van der Waals surface area contributed by atoms with E-state index in [-0.39, 0.29) is 5.82 Å². The number of aromatic nitrogens is 2. The van der Waals surface area contributed by atoms with E-state index in [2.05, 4.69) is 16.2 Å². The Hall–Kier alpha value is -1.88. The van der Waals surface area contributed by atoms with E-state index in [4.69, 9.17) is 4.74 Å². The zero-order valence-electron chi connectivity index (χ0n) is 12.4. The topological polar surface area (TPSA) is 30.3 Å². The largest absolute Gasteiger partial charge is 0.496 e. The van der Waals surface area contributed by atoms with Gasteiger partial charge in [0.15, 0.2) is 0 Å². The van der Waals surface area contributed by atoms with Gasteiger partial charge in [-0.15, -0.1) is 0 Å². The summed E-state index contributed by atoms with van der Waals surface area (Å²) in [5.41, 5.74) is 2.12. The Kier molecular flexibility index (Phi) is 3.92. The van der Waals surface area contributed by atoms with Gasteiger partial charge in [-0.25, -0.2) is 4.39 Å². The molecule has 1 saturated heterocycles. The second kappa shape index (κ2) is 5.85. The van der Waals surface area contributed by atoms with Gasteiger partial charge in [0.25, 0.3) is 0 Å². The molecule has 1 aromatic carbocycles. The number of methoxy groups -OCH3 is 1. The zero-order valence-corrected chi connectivity index (χ0v) is 12.4. The third-order valence-electron chi connectivity index (χ3n) is 4.09. The van der Waals surface area contributed by atoms with Crippen molar-refractivity contribution in [2.45, 2.75) is 25.4 Å². The molecule has 0 aliphatic carbocycles. The molecule has 1 fully saturated rings. The van der Waals surface area contributed by atoms with Gasteiger partial charge in [0.2, 0.25) is 0 Å². The number of ether oxygens (including phenoxy) is 1. The van der Waals surface area contributed by atoms with Crippen LogP contribution in [0.15, 0.2) is 30.6 Å². The lowest BCUT2D eigenvalue weighted by atomic mass is 10.1. The Balaban J connectivity index is 1.82. The van der Waals surface area contributed by atoms with Gasteiger partial charge in [0.05, 0.1) is 13.3 Å². The smallest absolute Gasteiger partial charge is 0.123 e. The first-order chi connectivity index (χ1) is 10.2. The van der Waals surface area contributed by atoms with Gasteiger partial charge in [-0.2, -0.15) is 5.10 Å². The highest BCUT2D eigenvalue weighted by Crippen LogP contribution is 2.34. The van der Waals surface area contributed by atoms with Gasteiger partial charge >= 0.3 is 0 Å². The maximum absolute atomic E-state index is 13.5. The SMILES string of the molecule is COc1ccc(F)cc1CN1CCCC1c1cnn(C)c1. The number of likely N-dealkylation sites (tertiary alicyclic amines) is 1. The lowest BCUT2D eigenvalue weighted by molar-refractivity contribution is 0.244. The first-order valence-electron chi connectivity index (χ1n) is 7.22.